The van der Waals surface area contributed by atoms with E-state index in [1.165, 1.54) is 0 Å². The Morgan fingerprint density at radius 3 is 1.43 bits per heavy atom. The monoisotopic (exact) mass is 582 g/mol. The summed E-state index contributed by atoms with van der Waals surface area (Å²) in [5, 5.41) is 0. The maximum Gasteiger partial charge on any atom is 0.339 e. The van der Waals surface area contributed by atoms with Gasteiger partial charge in [0.15, 0.2) is 0 Å². The fraction of sp³-hybridized carbons (Fsp3) is 0.562. The minimum Gasteiger partial charge on any atom is -0.466 e. The third kappa shape index (κ3) is 6.03. The zero-order chi connectivity index (χ0) is 28.3. The molecule has 0 N–H and O–H groups in total. The van der Waals surface area contributed by atoms with E-state index in [2.05, 4.69) is 9.97 Å². The summed E-state index contributed by atoms with van der Waals surface area (Å²) < 4.78 is 21.4. The third-order valence-electron chi connectivity index (χ3n) is 8.47. The second kappa shape index (κ2) is 13.4. The summed E-state index contributed by atoms with van der Waals surface area (Å²) >= 11 is 0. The van der Waals surface area contributed by atoms with Gasteiger partial charge < -0.3 is 18.9 Å². The highest BCUT2D eigenvalue weighted by molar-refractivity contribution is 5.95. The molecule has 0 saturated heterocycles. The Kier molecular flexibility index (Phi) is 10.5. The maximum absolute atomic E-state index is 11.9. The first kappa shape index (κ1) is 32.7. The van der Waals surface area contributed by atoms with Crippen molar-refractivity contribution in [3.8, 4) is 0 Å². The summed E-state index contributed by atoms with van der Waals surface area (Å²) in [5.74, 6) is -1.01. The zero-order valence-electron chi connectivity index (χ0n) is 22.9. The van der Waals surface area contributed by atoms with Gasteiger partial charge in [0, 0.05) is 35.9 Å². The van der Waals surface area contributed by atoms with Gasteiger partial charge in [0.05, 0.1) is 36.2 Å². The molecule has 10 nitrogen and oxygen atoms in total. The highest BCUT2D eigenvalue weighted by Gasteiger charge is 2.50. The second-order valence-corrected chi connectivity index (χ2v) is 10.7. The number of pyridine rings is 2. The Morgan fingerprint density at radius 1 is 0.738 bits per heavy atom. The van der Waals surface area contributed by atoms with Crippen LogP contribution >= 0.6 is 0 Å². The lowest BCUT2D eigenvalue weighted by Gasteiger charge is -2.35. The SMILES string of the molecule is C.C.CCOC(=O)C1CCC2(CC1)OC(=O)c1ccncc12.CCOC(=O)C1CCC2(CC1)OC(=O)c1ccncc12. The Morgan fingerprint density at radius 2 is 1.10 bits per heavy atom. The van der Waals surface area contributed by atoms with Crippen molar-refractivity contribution in [2.24, 2.45) is 11.8 Å². The summed E-state index contributed by atoms with van der Waals surface area (Å²) in [7, 11) is 0. The normalized spacial score (nSPS) is 26.7. The fourth-order valence-corrected chi connectivity index (χ4v) is 6.35. The molecule has 2 aliphatic carbocycles. The topological polar surface area (TPSA) is 131 Å². The molecular formula is C32H42N2O8. The molecule has 2 aromatic heterocycles. The van der Waals surface area contributed by atoms with E-state index >= 15 is 0 Å². The van der Waals surface area contributed by atoms with E-state index in [9.17, 15) is 19.2 Å². The molecule has 2 saturated carbocycles. The number of nitrogens with zero attached hydrogens (tertiary/aromatic N) is 2. The number of carbonyl (C=O) groups excluding carboxylic acids is 4. The predicted molar refractivity (Wildman–Crippen MR) is 153 cm³/mol. The number of hydrogen-bond acceptors (Lipinski definition) is 10. The van der Waals surface area contributed by atoms with Gasteiger partial charge in [-0.15, -0.1) is 0 Å². The molecule has 4 heterocycles. The molecule has 228 valence electrons. The van der Waals surface area contributed by atoms with E-state index in [0.29, 0.717) is 75.7 Å². The maximum atomic E-state index is 11.9. The molecule has 42 heavy (non-hydrogen) atoms. The van der Waals surface area contributed by atoms with E-state index in [1.54, 1.807) is 36.9 Å². The lowest BCUT2D eigenvalue weighted by molar-refractivity contribution is -0.152. The molecule has 0 atom stereocenters. The van der Waals surface area contributed by atoms with Gasteiger partial charge in [0.25, 0.3) is 0 Å². The van der Waals surface area contributed by atoms with Gasteiger partial charge in [0.2, 0.25) is 0 Å². The van der Waals surface area contributed by atoms with Gasteiger partial charge in [-0.05, 0) is 77.3 Å². The first-order valence-electron chi connectivity index (χ1n) is 14.0. The van der Waals surface area contributed by atoms with Gasteiger partial charge in [-0.25, -0.2) is 9.59 Å². The Hall–Kier alpha value is -3.82. The minimum atomic E-state index is -0.580. The molecular weight excluding hydrogens is 540 g/mol. The molecule has 0 radical (unpaired) electrons. The summed E-state index contributed by atoms with van der Waals surface area (Å²) in [5.41, 5.74) is 1.79. The molecule has 2 fully saturated rings. The van der Waals surface area contributed by atoms with Gasteiger partial charge in [-0.1, -0.05) is 14.9 Å². The molecule has 0 aromatic carbocycles. The quantitative estimate of drug-likeness (QED) is 0.328. The van der Waals surface area contributed by atoms with Gasteiger partial charge in [0.1, 0.15) is 11.2 Å². The van der Waals surface area contributed by atoms with Crippen LogP contribution in [0.1, 0.15) is 112 Å². The zero-order valence-corrected chi connectivity index (χ0v) is 22.9. The first-order valence-corrected chi connectivity index (χ1v) is 14.0. The molecule has 10 heteroatoms. The van der Waals surface area contributed by atoms with Gasteiger partial charge >= 0.3 is 23.9 Å². The van der Waals surface area contributed by atoms with Crippen LogP contribution in [0.3, 0.4) is 0 Å². The van der Waals surface area contributed by atoms with Crippen molar-refractivity contribution in [2.45, 2.75) is 91.3 Å². The second-order valence-electron chi connectivity index (χ2n) is 10.7. The van der Waals surface area contributed by atoms with Crippen LogP contribution in [0, 0.1) is 11.8 Å². The lowest BCUT2D eigenvalue weighted by Crippen LogP contribution is -2.34. The lowest BCUT2D eigenvalue weighted by atomic mass is 9.75. The molecule has 2 aromatic rings. The van der Waals surface area contributed by atoms with Crippen LogP contribution in [-0.4, -0.2) is 47.1 Å². The third-order valence-corrected chi connectivity index (χ3v) is 8.47. The van der Waals surface area contributed by atoms with Crippen LogP contribution in [0.5, 0.6) is 0 Å². The van der Waals surface area contributed by atoms with E-state index in [-0.39, 0.29) is 50.6 Å². The Bertz CT molecular complexity index is 1190. The van der Waals surface area contributed by atoms with Gasteiger partial charge in [-0.2, -0.15) is 0 Å². The minimum absolute atomic E-state index is 0. The van der Waals surface area contributed by atoms with Crippen LogP contribution in [0.4, 0.5) is 0 Å². The number of hydrogen-bond donors (Lipinski definition) is 0. The van der Waals surface area contributed by atoms with Crippen molar-refractivity contribution < 1.29 is 38.1 Å². The number of rotatable bonds is 4. The van der Waals surface area contributed by atoms with E-state index < -0.39 is 11.2 Å². The number of fused-ring (bicyclic) bond motifs is 4. The smallest absolute Gasteiger partial charge is 0.339 e. The molecule has 0 amide bonds. The van der Waals surface area contributed by atoms with Crippen molar-refractivity contribution in [3.05, 3.63) is 59.2 Å². The molecule has 2 aliphatic heterocycles. The highest BCUT2D eigenvalue weighted by atomic mass is 16.6. The average molecular weight is 583 g/mol. The molecule has 0 bridgehead atoms. The van der Waals surface area contributed by atoms with Crippen LogP contribution in [0.25, 0.3) is 0 Å². The Labute approximate surface area is 247 Å². The molecule has 2 spiro atoms. The summed E-state index contributed by atoms with van der Waals surface area (Å²) in [6.07, 6.45) is 12.0. The fourth-order valence-electron chi connectivity index (χ4n) is 6.35. The molecule has 4 aliphatic rings. The van der Waals surface area contributed by atoms with Crippen LogP contribution in [0.2, 0.25) is 0 Å². The Balaban J connectivity index is 0.000000220. The first-order chi connectivity index (χ1) is 19.3. The largest absolute Gasteiger partial charge is 0.466 e. The number of carbonyl (C=O) groups is 4. The van der Waals surface area contributed by atoms with Crippen molar-refractivity contribution >= 4 is 23.9 Å². The van der Waals surface area contributed by atoms with Crippen LogP contribution in [-0.2, 0) is 39.7 Å². The predicted octanol–water partition coefficient (Wildman–Crippen LogP) is 5.67. The molecule has 6 rings (SSSR count). The van der Waals surface area contributed by atoms with Crippen molar-refractivity contribution in [3.63, 3.8) is 0 Å². The van der Waals surface area contributed by atoms with Gasteiger partial charge in [-0.3, -0.25) is 19.6 Å². The summed E-state index contributed by atoms with van der Waals surface area (Å²) in [6.45, 7) is 4.43. The van der Waals surface area contributed by atoms with Crippen LogP contribution < -0.4 is 0 Å². The van der Waals surface area contributed by atoms with E-state index in [0.717, 1.165) is 11.1 Å². The standard InChI is InChI=1S/2C15H17NO4.2CH4/c2*1-2-19-13(17)10-3-6-15(7-4-10)12-9-16-8-5-11(12)14(18)20-15;;/h2*5,8-10H,2-4,6-7H2,1H3;2*1H4. The highest BCUT2D eigenvalue weighted by Crippen LogP contribution is 2.49. The van der Waals surface area contributed by atoms with Crippen molar-refractivity contribution in [1.82, 2.24) is 9.97 Å². The molecule has 0 unspecified atom stereocenters. The van der Waals surface area contributed by atoms with Crippen molar-refractivity contribution in [2.75, 3.05) is 13.2 Å². The van der Waals surface area contributed by atoms with E-state index in [1.807, 2.05) is 13.8 Å². The summed E-state index contributed by atoms with van der Waals surface area (Å²) in [4.78, 5) is 55.6. The average Bonchev–Trinajstić information content (AvgIpc) is 3.40. The van der Waals surface area contributed by atoms with Crippen LogP contribution in [0.15, 0.2) is 36.9 Å². The van der Waals surface area contributed by atoms with Crippen molar-refractivity contribution in [1.29, 1.82) is 0 Å². The number of aromatic nitrogens is 2. The van der Waals surface area contributed by atoms with E-state index in [4.69, 9.17) is 18.9 Å². The number of ether oxygens (including phenoxy) is 4. The summed E-state index contributed by atoms with van der Waals surface area (Å²) in [6, 6.07) is 3.40. The number of esters is 4.